The van der Waals surface area contributed by atoms with Gasteiger partial charge >= 0.3 is 6.09 Å². The first-order valence-electron chi connectivity index (χ1n) is 9.27. The summed E-state index contributed by atoms with van der Waals surface area (Å²) in [5, 5.41) is 5.59. The Morgan fingerprint density at radius 3 is 2.29 bits per heavy atom. The fourth-order valence-corrected chi connectivity index (χ4v) is 2.78. The quantitative estimate of drug-likeness (QED) is 0.720. The highest BCUT2D eigenvalue weighted by Crippen LogP contribution is 2.29. The molecule has 1 unspecified atom stereocenters. The number of methoxy groups -OCH3 is 1. The third-order valence-corrected chi connectivity index (χ3v) is 4.03. The van der Waals surface area contributed by atoms with E-state index in [2.05, 4.69) is 10.6 Å². The molecule has 2 N–H and O–H groups in total. The van der Waals surface area contributed by atoms with E-state index in [1.54, 1.807) is 39.0 Å². The van der Waals surface area contributed by atoms with Crippen LogP contribution in [0.5, 0.6) is 5.75 Å². The Hall–Kier alpha value is -3.02. The molecule has 6 heteroatoms. The minimum Gasteiger partial charge on any atom is -0.495 e. The van der Waals surface area contributed by atoms with Crippen LogP contribution in [0.2, 0.25) is 0 Å². The standard InChI is InChI=1S/C22H28N2O4/c1-6-17(15-10-8-7-9-11-15)20(25)23-16-12-13-19(27-5)18(14-16)24-21(26)28-22(2,3)4/h7-14,17H,6H2,1-5H3,(H,23,25)(H,24,26). The molecule has 0 aliphatic carbocycles. The van der Waals surface area contributed by atoms with E-state index < -0.39 is 11.7 Å². The van der Waals surface area contributed by atoms with Gasteiger partial charge in [0.25, 0.3) is 0 Å². The number of amides is 2. The lowest BCUT2D eigenvalue weighted by Gasteiger charge is -2.21. The molecular formula is C22H28N2O4. The average Bonchev–Trinajstić information content (AvgIpc) is 2.62. The van der Waals surface area contributed by atoms with Gasteiger partial charge in [0.15, 0.2) is 0 Å². The van der Waals surface area contributed by atoms with Crippen LogP contribution in [0.4, 0.5) is 16.2 Å². The molecule has 0 saturated heterocycles. The van der Waals surface area contributed by atoms with Crippen LogP contribution >= 0.6 is 0 Å². The average molecular weight is 384 g/mol. The van der Waals surface area contributed by atoms with Crippen molar-refractivity contribution in [3.8, 4) is 5.75 Å². The van der Waals surface area contributed by atoms with Crippen LogP contribution in [-0.4, -0.2) is 24.7 Å². The topological polar surface area (TPSA) is 76.7 Å². The fraction of sp³-hybridized carbons (Fsp3) is 0.364. The van der Waals surface area contributed by atoms with Crippen molar-refractivity contribution in [1.29, 1.82) is 0 Å². The first-order chi connectivity index (χ1) is 13.2. The van der Waals surface area contributed by atoms with Crippen LogP contribution in [0, 0.1) is 0 Å². The maximum absolute atomic E-state index is 12.8. The summed E-state index contributed by atoms with van der Waals surface area (Å²) in [5.41, 5.74) is 1.32. The zero-order valence-electron chi connectivity index (χ0n) is 17.0. The summed E-state index contributed by atoms with van der Waals surface area (Å²) in [7, 11) is 1.51. The molecule has 0 fully saturated rings. The van der Waals surface area contributed by atoms with Crippen molar-refractivity contribution in [3.63, 3.8) is 0 Å². The predicted octanol–water partition coefficient (Wildman–Crippen LogP) is 5.17. The maximum Gasteiger partial charge on any atom is 0.412 e. The predicted molar refractivity (Wildman–Crippen MR) is 111 cm³/mol. The maximum atomic E-state index is 12.8. The van der Waals surface area contributed by atoms with Gasteiger partial charge in [0, 0.05) is 5.69 Å². The number of carbonyl (C=O) groups is 2. The molecule has 0 saturated carbocycles. The third kappa shape index (κ3) is 6.01. The van der Waals surface area contributed by atoms with E-state index in [9.17, 15) is 9.59 Å². The molecule has 2 aromatic carbocycles. The highest BCUT2D eigenvalue weighted by molar-refractivity contribution is 5.97. The van der Waals surface area contributed by atoms with E-state index in [-0.39, 0.29) is 11.8 Å². The molecule has 150 valence electrons. The molecule has 1 atom stereocenters. The first kappa shape index (κ1) is 21.3. The molecule has 6 nitrogen and oxygen atoms in total. The summed E-state index contributed by atoms with van der Waals surface area (Å²) in [4.78, 5) is 24.9. The number of rotatable bonds is 6. The van der Waals surface area contributed by atoms with E-state index in [4.69, 9.17) is 9.47 Å². The van der Waals surface area contributed by atoms with Gasteiger partial charge in [-0.2, -0.15) is 0 Å². The van der Waals surface area contributed by atoms with Gasteiger partial charge in [-0.05, 0) is 51.0 Å². The van der Waals surface area contributed by atoms with Crippen molar-refractivity contribution < 1.29 is 19.1 Å². The lowest BCUT2D eigenvalue weighted by Crippen LogP contribution is -2.27. The molecule has 0 heterocycles. The largest absolute Gasteiger partial charge is 0.495 e. The molecule has 28 heavy (non-hydrogen) atoms. The Morgan fingerprint density at radius 1 is 1.04 bits per heavy atom. The lowest BCUT2D eigenvalue weighted by atomic mass is 9.95. The highest BCUT2D eigenvalue weighted by Gasteiger charge is 2.20. The van der Waals surface area contributed by atoms with Crippen LogP contribution in [-0.2, 0) is 9.53 Å². The van der Waals surface area contributed by atoms with Gasteiger partial charge in [0.05, 0.1) is 18.7 Å². The van der Waals surface area contributed by atoms with Crippen molar-refractivity contribution in [3.05, 3.63) is 54.1 Å². The molecule has 0 spiro atoms. The minimum atomic E-state index is -0.618. The molecule has 2 amide bonds. The molecule has 0 aliphatic heterocycles. The molecule has 0 radical (unpaired) electrons. The number of hydrogen-bond donors (Lipinski definition) is 2. The number of nitrogens with one attached hydrogen (secondary N) is 2. The van der Waals surface area contributed by atoms with Crippen LogP contribution in [0.25, 0.3) is 0 Å². The summed E-state index contributed by atoms with van der Waals surface area (Å²) < 4.78 is 10.6. The summed E-state index contributed by atoms with van der Waals surface area (Å²) in [6.07, 6.45) is 0.0830. The van der Waals surface area contributed by atoms with E-state index in [1.165, 1.54) is 7.11 Å². The molecular weight excluding hydrogens is 356 g/mol. The number of hydrogen-bond acceptors (Lipinski definition) is 4. The zero-order valence-corrected chi connectivity index (χ0v) is 17.0. The zero-order chi connectivity index (χ0) is 20.7. The van der Waals surface area contributed by atoms with Crippen LogP contribution in [0.15, 0.2) is 48.5 Å². The highest BCUT2D eigenvalue weighted by atomic mass is 16.6. The lowest BCUT2D eigenvalue weighted by molar-refractivity contribution is -0.117. The van der Waals surface area contributed by atoms with Crippen LogP contribution in [0.1, 0.15) is 45.6 Å². The molecule has 2 aromatic rings. The van der Waals surface area contributed by atoms with Crippen molar-refractivity contribution in [2.45, 2.75) is 45.6 Å². The SMILES string of the molecule is CCC(C(=O)Nc1ccc(OC)c(NC(=O)OC(C)(C)C)c1)c1ccccc1. The van der Waals surface area contributed by atoms with Gasteiger partial charge < -0.3 is 14.8 Å². The third-order valence-electron chi connectivity index (χ3n) is 4.03. The van der Waals surface area contributed by atoms with E-state index in [0.29, 0.717) is 23.5 Å². The summed E-state index contributed by atoms with van der Waals surface area (Å²) in [5.74, 6) is 0.103. The second-order valence-corrected chi connectivity index (χ2v) is 7.40. The van der Waals surface area contributed by atoms with Gasteiger partial charge in [-0.3, -0.25) is 10.1 Å². The smallest absolute Gasteiger partial charge is 0.412 e. The first-order valence-corrected chi connectivity index (χ1v) is 9.27. The second kappa shape index (κ2) is 9.26. The molecule has 0 aliphatic rings. The molecule has 2 rings (SSSR count). The van der Waals surface area contributed by atoms with Crippen molar-refractivity contribution in [1.82, 2.24) is 0 Å². The van der Waals surface area contributed by atoms with Gasteiger partial charge in [0.2, 0.25) is 5.91 Å². The Kier molecular flexibility index (Phi) is 7.04. The Labute approximate surface area is 166 Å². The van der Waals surface area contributed by atoms with Gasteiger partial charge in [0.1, 0.15) is 11.4 Å². The van der Waals surface area contributed by atoms with Crippen molar-refractivity contribution in [2.75, 3.05) is 17.7 Å². The minimum absolute atomic E-state index is 0.109. The summed E-state index contributed by atoms with van der Waals surface area (Å²) >= 11 is 0. The van der Waals surface area contributed by atoms with Gasteiger partial charge in [-0.1, -0.05) is 37.3 Å². The number of anilines is 2. The van der Waals surface area contributed by atoms with Crippen LogP contribution < -0.4 is 15.4 Å². The Bertz CT molecular complexity index is 813. The van der Waals surface area contributed by atoms with Crippen LogP contribution in [0.3, 0.4) is 0 Å². The second-order valence-electron chi connectivity index (χ2n) is 7.40. The van der Waals surface area contributed by atoms with E-state index in [1.807, 2.05) is 37.3 Å². The number of benzene rings is 2. The summed E-state index contributed by atoms with van der Waals surface area (Å²) in [6, 6.07) is 14.7. The normalized spacial score (nSPS) is 12.0. The van der Waals surface area contributed by atoms with E-state index in [0.717, 1.165) is 5.56 Å². The Morgan fingerprint density at radius 2 is 1.71 bits per heavy atom. The molecule has 0 aromatic heterocycles. The van der Waals surface area contributed by atoms with Gasteiger partial charge in [-0.15, -0.1) is 0 Å². The number of ether oxygens (including phenoxy) is 2. The van der Waals surface area contributed by atoms with E-state index >= 15 is 0 Å². The van der Waals surface area contributed by atoms with Crippen molar-refractivity contribution in [2.24, 2.45) is 0 Å². The van der Waals surface area contributed by atoms with Crippen molar-refractivity contribution >= 4 is 23.4 Å². The number of carbonyl (C=O) groups excluding carboxylic acids is 2. The summed E-state index contributed by atoms with van der Waals surface area (Å²) in [6.45, 7) is 7.33. The molecule has 0 bridgehead atoms. The van der Waals surface area contributed by atoms with Gasteiger partial charge in [-0.25, -0.2) is 4.79 Å². The Balaban J connectivity index is 2.17. The fourth-order valence-electron chi connectivity index (χ4n) is 2.78. The monoisotopic (exact) mass is 384 g/mol.